The molecule has 0 saturated carbocycles. The van der Waals surface area contributed by atoms with E-state index in [0.717, 1.165) is 18.8 Å². The maximum Gasteiger partial charge on any atom is 0.253 e. The number of amides is 2. The standard InChI is InChI=1S/C14H20N4O2/c1-10-3-4-12(11(2)17-10)14(20)16-9-13(19)18-7-5-15-6-8-18/h3-4,15H,5-9H2,1-2H3,(H,16,20). The zero-order valence-corrected chi connectivity index (χ0v) is 11.9. The zero-order valence-electron chi connectivity index (χ0n) is 11.9. The smallest absolute Gasteiger partial charge is 0.253 e. The molecule has 1 fully saturated rings. The number of hydrogen-bond donors (Lipinski definition) is 2. The van der Waals surface area contributed by atoms with Gasteiger partial charge in [0, 0.05) is 31.9 Å². The molecule has 20 heavy (non-hydrogen) atoms. The van der Waals surface area contributed by atoms with Crippen molar-refractivity contribution < 1.29 is 9.59 Å². The Morgan fingerprint density at radius 1 is 1.30 bits per heavy atom. The van der Waals surface area contributed by atoms with E-state index in [1.54, 1.807) is 24.0 Å². The first kappa shape index (κ1) is 14.5. The molecular formula is C14H20N4O2. The van der Waals surface area contributed by atoms with Crippen molar-refractivity contribution in [1.29, 1.82) is 0 Å². The highest BCUT2D eigenvalue weighted by atomic mass is 16.2. The van der Waals surface area contributed by atoms with E-state index < -0.39 is 0 Å². The molecule has 2 rings (SSSR count). The molecule has 2 amide bonds. The average Bonchev–Trinajstić information content (AvgIpc) is 2.45. The van der Waals surface area contributed by atoms with Crippen molar-refractivity contribution in [2.24, 2.45) is 0 Å². The first-order valence-corrected chi connectivity index (χ1v) is 6.79. The minimum Gasteiger partial charge on any atom is -0.343 e. The number of carbonyl (C=O) groups is 2. The summed E-state index contributed by atoms with van der Waals surface area (Å²) in [5.41, 5.74) is 2.07. The van der Waals surface area contributed by atoms with E-state index in [9.17, 15) is 9.59 Å². The minimum atomic E-state index is -0.251. The fraction of sp³-hybridized carbons (Fsp3) is 0.500. The van der Waals surface area contributed by atoms with Crippen molar-refractivity contribution >= 4 is 11.8 Å². The fourth-order valence-corrected chi connectivity index (χ4v) is 2.20. The molecule has 2 heterocycles. The molecular weight excluding hydrogens is 256 g/mol. The van der Waals surface area contributed by atoms with Crippen LogP contribution in [0.4, 0.5) is 0 Å². The van der Waals surface area contributed by atoms with Gasteiger partial charge in [-0.15, -0.1) is 0 Å². The summed E-state index contributed by atoms with van der Waals surface area (Å²) >= 11 is 0. The van der Waals surface area contributed by atoms with Crippen LogP contribution in [0.2, 0.25) is 0 Å². The summed E-state index contributed by atoms with van der Waals surface area (Å²) < 4.78 is 0. The van der Waals surface area contributed by atoms with E-state index >= 15 is 0 Å². The van der Waals surface area contributed by atoms with Crippen LogP contribution in [0.5, 0.6) is 0 Å². The van der Waals surface area contributed by atoms with Gasteiger partial charge in [0.2, 0.25) is 5.91 Å². The number of hydrogen-bond acceptors (Lipinski definition) is 4. The zero-order chi connectivity index (χ0) is 14.5. The lowest BCUT2D eigenvalue weighted by Gasteiger charge is -2.27. The van der Waals surface area contributed by atoms with Crippen molar-refractivity contribution in [3.05, 3.63) is 29.1 Å². The van der Waals surface area contributed by atoms with Crippen LogP contribution in [0.1, 0.15) is 21.7 Å². The highest BCUT2D eigenvalue weighted by molar-refractivity contribution is 5.97. The summed E-state index contributed by atoms with van der Waals surface area (Å²) in [5.74, 6) is -0.295. The number of piperazine rings is 1. The van der Waals surface area contributed by atoms with E-state index in [1.807, 2.05) is 6.92 Å². The highest BCUT2D eigenvalue weighted by Gasteiger charge is 2.17. The van der Waals surface area contributed by atoms with Crippen molar-refractivity contribution in [2.45, 2.75) is 13.8 Å². The molecule has 0 unspecified atom stereocenters. The van der Waals surface area contributed by atoms with Crippen LogP contribution >= 0.6 is 0 Å². The maximum absolute atomic E-state index is 12.0. The highest BCUT2D eigenvalue weighted by Crippen LogP contribution is 2.06. The van der Waals surface area contributed by atoms with Crippen LogP contribution in [0.25, 0.3) is 0 Å². The van der Waals surface area contributed by atoms with Gasteiger partial charge < -0.3 is 15.5 Å². The molecule has 1 saturated heterocycles. The predicted molar refractivity (Wildman–Crippen MR) is 75.5 cm³/mol. The molecule has 0 atom stereocenters. The third kappa shape index (κ3) is 3.54. The first-order valence-electron chi connectivity index (χ1n) is 6.79. The maximum atomic E-state index is 12.0. The molecule has 1 aromatic rings. The van der Waals surface area contributed by atoms with Gasteiger partial charge >= 0.3 is 0 Å². The van der Waals surface area contributed by atoms with Gasteiger partial charge in [0.05, 0.1) is 17.8 Å². The van der Waals surface area contributed by atoms with Gasteiger partial charge in [-0.25, -0.2) is 0 Å². The lowest BCUT2D eigenvalue weighted by Crippen LogP contribution is -2.49. The third-order valence-corrected chi connectivity index (χ3v) is 3.34. The molecule has 108 valence electrons. The topological polar surface area (TPSA) is 74.3 Å². The summed E-state index contributed by atoms with van der Waals surface area (Å²) in [5, 5.41) is 5.85. The summed E-state index contributed by atoms with van der Waals surface area (Å²) in [6, 6.07) is 3.53. The molecule has 1 aromatic heterocycles. The van der Waals surface area contributed by atoms with Gasteiger partial charge in [0.1, 0.15) is 0 Å². The largest absolute Gasteiger partial charge is 0.343 e. The number of carbonyl (C=O) groups excluding carboxylic acids is 2. The Bertz CT molecular complexity index is 510. The summed E-state index contributed by atoms with van der Waals surface area (Å²) in [6.07, 6.45) is 0. The van der Waals surface area contributed by atoms with Crippen LogP contribution in [0.15, 0.2) is 12.1 Å². The van der Waals surface area contributed by atoms with E-state index in [4.69, 9.17) is 0 Å². The van der Waals surface area contributed by atoms with Gasteiger partial charge in [-0.2, -0.15) is 0 Å². The lowest BCUT2D eigenvalue weighted by atomic mass is 10.1. The second-order valence-corrected chi connectivity index (χ2v) is 4.90. The number of nitrogens with one attached hydrogen (secondary N) is 2. The molecule has 0 spiro atoms. The first-order chi connectivity index (χ1) is 9.58. The van der Waals surface area contributed by atoms with Gasteiger partial charge in [-0.3, -0.25) is 14.6 Å². The van der Waals surface area contributed by atoms with Crippen molar-refractivity contribution in [3.63, 3.8) is 0 Å². The molecule has 0 aromatic carbocycles. The molecule has 6 nitrogen and oxygen atoms in total. The SMILES string of the molecule is Cc1ccc(C(=O)NCC(=O)N2CCNCC2)c(C)n1. The van der Waals surface area contributed by atoms with Gasteiger partial charge in [-0.1, -0.05) is 0 Å². The van der Waals surface area contributed by atoms with E-state index in [1.165, 1.54) is 0 Å². The van der Waals surface area contributed by atoms with Crippen molar-refractivity contribution in [1.82, 2.24) is 20.5 Å². The molecule has 0 bridgehead atoms. The van der Waals surface area contributed by atoms with Gasteiger partial charge in [0.25, 0.3) is 5.91 Å². The second kappa shape index (κ2) is 6.47. The van der Waals surface area contributed by atoms with Crippen molar-refractivity contribution in [3.8, 4) is 0 Å². The monoisotopic (exact) mass is 276 g/mol. The molecule has 2 N–H and O–H groups in total. The number of pyridine rings is 1. The van der Waals surface area contributed by atoms with Crippen LogP contribution in [-0.2, 0) is 4.79 Å². The Hall–Kier alpha value is -1.95. The predicted octanol–water partition coefficient (Wildman–Crippen LogP) is -0.140. The summed E-state index contributed by atoms with van der Waals surface area (Å²) in [6.45, 7) is 6.70. The quantitative estimate of drug-likeness (QED) is 0.806. The summed E-state index contributed by atoms with van der Waals surface area (Å²) in [4.78, 5) is 30.0. The number of nitrogens with zero attached hydrogens (tertiary/aromatic N) is 2. The van der Waals surface area contributed by atoms with Crippen molar-refractivity contribution in [2.75, 3.05) is 32.7 Å². The van der Waals surface area contributed by atoms with Crippen LogP contribution in [0, 0.1) is 13.8 Å². The normalized spacial score (nSPS) is 15.0. The number of rotatable bonds is 3. The molecule has 1 aliphatic heterocycles. The number of aryl methyl sites for hydroxylation is 2. The molecule has 6 heteroatoms. The number of aromatic nitrogens is 1. The molecule has 0 aliphatic carbocycles. The Morgan fingerprint density at radius 3 is 2.65 bits per heavy atom. The minimum absolute atomic E-state index is 0.0339. The van der Waals surface area contributed by atoms with Gasteiger partial charge in [-0.05, 0) is 26.0 Å². The lowest BCUT2D eigenvalue weighted by molar-refractivity contribution is -0.130. The molecule has 1 aliphatic rings. The molecule has 0 radical (unpaired) electrons. The summed E-state index contributed by atoms with van der Waals surface area (Å²) in [7, 11) is 0. The van der Waals surface area contributed by atoms with Gasteiger partial charge in [0.15, 0.2) is 0 Å². The fourth-order valence-electron chi connectivity index (χ4n) is 2.20. The average molecular weight is 276 g/mol. The second-order valence-electron chi connectivity index (χ2n) is 4.90. The Kier molecular flexibility index (Phi) is 4.68. The Morgan fingerprint density at radius 2 is 2.00 bits per heavy atom. The Balaban J connectivity index is 1.89. The van der Waals surface area contributed by atoms with Crippen LogP contribution in [-0.4, -0.2) is 54.4 Å². The Labute approximate surface area is 118 Å². The van der Waals surface area contributed by atoms with Crippen LogP contribution in [0.3, 0.4) is 0 Å². The van der Waals surface area contributed by atoms with E-state index in [0.29, 0.717) is 24.3 Å². The third-order valence-electron chi connectivity index (χ3n) is 3.34. The van der Waals surface area contributed by atoms with E-state index in [-0.39, 0.29) is 18.4 Å². The van der Waals surface area contributed by atoms with E-state index in [2.05, 4.69) is 15.6 Å². The van der Waals surface area contributed by atoms with Crippen LogP contribution < -0.4 is 10.6 Å².